The van der Waals surface area contributed by atoms with Gasteiger partial charge in [-0.3, -0.25) is 14.5 Å². The van der Waals surface area contributed by atoms with Gasteiger partial charge in [-0.1, -0.05) is 62.4 Å². The highest BCUT2D eigenvalue weighted by Crippen LogP contribution is 2.40. The van der Waals surface area contributed by atoms with Crippen LogP contribution in [0, 0.1) is 0 Å². The van der Waals surface area contributed by atoms with Gasteiger partial charge in [0.15, 0.2) is 6.10 Å². The van der Waals surface area contributed by atoms with Crippen molar-refractivity contribution in [3.63, 3.8) is 0 Å². The topological polar surface area (TPSA) is 119 Å². The van der Waals surface area contributed by atoms with Crippen molar-refractivity contribution >= 4 is 33.2 Å². The molecule has 9 heteroatoms. The van der Waals surface area contributed by atoms with Crippen molar-refractivity contribution in [3.8, 4) is 5.75 Å². The molecule has 3 aromatic rings. The number of nitrogens with zero attached hydrogens (tertiary/aromatic N) is 1. The second kappa shape index (κ2) is 9.52. The molecule has 35 heavy (non-hydrogen) atoms. The maximum absolute atomic E-state index is 13.8. The highest BCUT2D eigenvalue weighted by Gasteiger charge is 2.40. The molecule has 8 nitrogen and oxygen atoms in total. The van der Waals surface area contributed by atoms with Crippen LogP contribution < -0.4 is 20.1 Å². The van der Waals surface area contributed by atoms with Gasteiger partial charge in [0.25, 0.3) is 11.8 Å². The van der Waals surface area contributed by atoms with E-state index in [2.05, 4.69) is 5.32 Å². The lowest BCUT2D eigenvalue weighted by Gasteiger charge is -2.38. The van der Waals surface area contributed by atoms with Gasteiger partial charge >= 0.3 is 0 Å². The fraction of sp³-hybridized carbons (Fsp3) is 0.231. The molecule has 0 saturated carbocycles. The molecular formula is C26H27N3O5S. The molecule has 0 saturated heterocycles. The molecule has 182 valence electrons. The Morgan fingerprint density at radius 1 is 1.00 bits per heavy atom. The number of nitrogens with two attached hydrogens (primary N) is 1. The molecule has 0 bridgehead atoms. The summed E-state index contributed by atoms with van der Waals surface area (Å²) in [6, 6.07) is 19.5. The predicted octanol–water partition coefficient (Wildman–Crippen LogP) is 3.95. The van der Waals surface area contributed by atoms with E-state index in [1.54, 1.807) is 31.2 Å². The van der Waals surface area contributed by atoms with Crippen LogP contribution in [-0.4, -0.2) is 26.3 Å². The van der Waals surface area contributed by atoms with Crippen molar-refractivity contribution in [2.45, 2.75) is 43.7 Å². The number of rotatable bonds is 6. The van der Waals surface area contributed by atoms with Gasteiger partial charge in [0, 0.05) is 0 Å². The predicted molar refractivity (Wildman–Crippen MR) is 134 cm³/mol. The first-order valence-electron chi connectivity index (χ1n) is 11.2. The van der Waals surface area contributed by atoms with E-state index in [1.807, 2.05) is 44.2 Å². The number of anilines is 2. The van der Waals surface area contributed by atoms with E-state index in [9.17, 15) is 18.0 Å². The van der Waals surface area contributed by atoms with Crippen LogP contribution in [0.3, 0.4) is 0 Å². The third-order valence-corrected chi connectivity index (χ3v) is 6.78. The van der Waals surface area contributed by atoms with E-state index in [-0.39, 0.29) is 16.5 Å². The van der Waals surface area contributed by atoms with Crippen LogP contribution in [0.2, 0.25) is 0 Å². The molecule has 3 N–H and O–H groups in total. The summed E-state index contributed by atoms with van der Waals surface area (Å²) in [5.41, 5.74) is 2.09. The van der Waals surface area contributed by atoms with Gasteiger partial charge in [0.1, 0.15) is 11.8 Å². The molecule has 4 rings (SSSR count). The maximum Gasteiger partial charge on any atom is 0.268 e. The lowest BCUT2D eigenvalue weighted by atomic mass is 9.99. The number of fused-ring (bicyclic) bond motifs is 1. The van der Waals surface area contributed by atoms with Crippen molar-refractivity contribution in [2.24, 2.45) is 5.14 Å². The van der Waals surface area contributed by atoms with Crippen LogP contribution in [0.4, 0.5) is 11.4 Å². The largest absolute Gasteiger partial charge is 0.481 e. The van der Waals surface area contributed by atoms with Crippen molar-refractivity contribution in [1.82, 2.24) is 0 Å². The summed E-state index contributed by atoms with van der Waals surface area (Å²) in [4.78, 5) is 28.3. The molecule has 1 heterocycles. The first kappa shape index (κ1) is 24.4. The highest BCUT2D eigenvalue weighted by atomic mass is 32.2. The first-order chi connectivity index (χ1) is 16.6. The van der Waals surface area contributed by atoms with Gasteiger partial charge in [-0.25, -0.2) is 13.6 Å². The number of carbonyl (C=O) groups is 2. The van der Waals surface area contributed by atoms with Crippen LogP contribution in [0.1, 0.15) is 43.9 Å². The number of benzene rings is 3. The molecular weight excluding hydrogens is 466 g/mol. The van der Waals surface area contributed by atoms with Crippen molar-refractivity contribution in [2.75, 3.05) is 10.2 Å². The number of carbonyl (C=O) groups excluding carboxylic acids is 2. The number of ether oxygens (including phenoxy) is 1. The molecule has 0 aliphatic carbocycles. The van der Waals surface area contributed by atoms with E-state index in [0.717, 1.165) is 5.56 Å². The summed E-state index contributed by atoms with van der Waals surface area (Å²) in [5, 5.41) is 7.99. The average Bonchev–Trinajstić information content (AvgIpc) is 2.82. The minimum atomic E-state index is -4.01. The number of para-hydroxylation sites is 1. The number of nitrogens with one attached hydrogen (secondary N) is 1. The normalized spacial score (nSPS) is 16.4. The zero-order valence-electron chi connectivity index (χ0n) is 19.6. The van der Waals surface area contributed by atoms with Crippen LogP contribution in [0.25, 0.3) is 0 Å². The number of amides is 2. The fourth-order valence-corrected chi connectivity index (χ4v) is 4.68. The summed E-state index contributed by atoms with van der Waals surface area (Å²) >= 11 is 0. The molecule has 0 radical (unpaired) electrons. The van der Waals surface area contributed by atoms with Crippen LogP contribution in [-0.2, 0) is 19.6 Å². The van der Waals surface area contributed by atoms with E-state index >= 15 is 0 Å². The lowest BCUT2D eigenvalue weighted by Crippen LogP contribution is -2.49. The Kier molecular flexibility index (Phi) is 6.64. The number of hydrogen-bond acceptors (Lipinski definition) is 5. The smallest absolute Gasteiger partial charge is 0.268 e. The van der Waals surface area contributed by atoms with Gasteiger partial charge in [-0.15, -0.1) is 0 Å². The van der Waals surface area contributed by atoms with Gasteiger partial charge in [-0.05, 0) is 48.2 Å². The van der Waals surface area contributed by atoms with Gasteiger partial charge in [-0.2, -0.15) is 0 Å². The van der Waals surface area contributed by atoms with Crippen LogP contribution in [0.15, 0.2) is 77.7 Å². The molecule has 0 fully saturated rings. The van der Waals surface area contributed by atoms with Crippen molar-refractivity contribution in [1.29, 1.82) is 0 Å². The third-order valence-electron chi connectivity index (χ3n) is 5.87. The van der Waals surface area contributed by atoms with Gasteiger partial charge in [0.2, 0.25) is 10.0 Å². The average molecular weight is 494 g/mol. The molecule has 0 spiro atoms. The molecule has 2 amide bonds. The highest BCUT2D eigenvalue weighted by molar-refractivity contribution is 7.89. The van der Waals surface area contributed by atoms with E-state index in [1.165, 1.54) is 23.1 Å². The minimum absolute atomic E-state index is 0.169. The van der Waals surface area contributed by atoms with E-state index in [0.29, 0.717) is 17.0 Å². The number of hydrogen-bond donors (Lipinski definition) is 2. The molecule has 3 aromatic carbocycles. The summed E-state index contributed by atoms with van der Waals surface area (Å²) in [6.07, 6.45) is -0.933. The zero-order valence-corrected chi connectivity index (χ0v) is 20.5. The molecule has 0 aromatic heterocycles. The molecule has 2 atom stereocenters. The lowest BCUT2D eigenvalue weighted by molar-refractivity contribution is -0.128. The Morgan fingerprint density at radius 2 is 1.66 bits per heavy atom. The van der Waals surface area contributed by atoms with Crippen LogP contribution >= 0.6 is 0 Å². The maximum atomic E-state index is 13.8. The summed E-state index contributed by atoms with van der Waals surface area (Å²) in [6.45, 7) is 5.70. The SMILES string of the molecule is CC(Oc1ccccc1C(C)C)C(=O)N1c2ccc(S(N)(=O)=O)cc2NC(=O)C1c1ccccc1. The fourth-order valence-electron chi connectivity index (χ4n) is 4.14. The van der Waals surface area contributed by atoms with Crippen LogP contribution in [0.5, 0.6) is 5.75 Å². The third kappa shape index (κ3) is 4.91. The second-order valence-corrected chi connectivity index (χ2v) is 10.2. The molecule has 2 unspecified atom stereocenters. The monoisotopic (exact) mass is 493 g/mol. The van der Waals surface area contributed by atoms with E-state index in [4.69, 9.17) is 9.88 Å². The number of sulfonamides is 1. The Hall–Kier alpha value is -3.69. The number of primary sulfonamides is 1. The van der Waals surface area contributed by atoms with Crippen molar-refractivity contribution in [3.05, 3.63) is 83.9 Å². The Labute approximate surface area is 204 Å². The van der Waals surface area contributed by atoms with Gasteiger partial charge < -0.3 is 10.1 Å². The minimum Gasteiger partial charge on any atom is -0.481 e. The quantitative estimate of drug-likeness (QED) is 0.539. The molecule has 1 aliphatic heterocycles. The zero-order chi connectivity index (χ0) is 25.3. The Bertz CT molecular complexity index is 1370. The summed E-state index contributed by atoms with van der Waals surface area (Å²) in [5.74, 6) is -0.148. The Morgan fingerprint density at radius 3 is 2.31 bits per heavy atom. The second-order valence-electron chi connectivity index (χ2n) is 8.69. The van der Waals surface area contributed by atoms with E-state index < -0.39 is 34.0 Å². The first-order valence-corrected chi connectivity index (χ1v) is 12.7. The summed E-state index contributed by atoms with van der Waals surface area (Å²) in [7, 11) is -4.01. The molecule has 1 aliphatic rings. The van der Waals surface area contributed by atoms with Gasteiger partial charge in [0.05, 0.1) is 16.3 Å². The standard InChI is InChI=1S/C26H27N3O5S/c1-16(2)20-11-7-8-12-23(20)34-17(3)26(31)29-22-14-13-19(35(27,32)33)15-21(22)28-25(30)24(29)18-9-5-4-6-10-18/h4-17,24H,1-3H3,(H,28,30)(H2,27,32,33). The summed E-state index contributed by atoms with van der Waals surface area (Å²) < 4.78 is 29.8. The Balaban J connectivity index is 1.78. The van der Waals surface area contributed by atoms with Crippen molar-refractivity contribution < 1.29 is 22.7 Å².